The van der Waals surface area contributed by atoms with Crippen molar-refractivity contribution in [1.82, 2.24) is 9.78 Å². The summed E-state index contributed by atoms with van der Waals surface area (Å²) in [5.74, 6) is 0.469. The van der Waals surface area contributed by atoms with Crippen LogP contribution in [0.1, 0.15) is 31.5 Å². The summed E-state index contributed by atoms with van der Waals surface area (Å²) in [6.45, 7) is 4.29. The van der Waals surface area contributed by atoms with Gasteiger partial charge in [0.2, 0.25) is 0 Å². The Balaban J connectivity index is 1.97. The first-order valence-corrected chi connectivity index (χ1v) is 7.16. The van der Waals surface area contributed by atoms with Crippen molar-refractivity contribution in [2.75, 3.05) is 0 Å². The molecule has 22 heavy (non-hydrogen) atoms. The van der Waals surface area contributed by atoms with E-state index in [4.69, 9.17) is 0 Å². The molecule has 0 amide bonds. The highest BCUT2D eigenvalue weighted by atomic mass is 19.4. The summed E-state index contributed by atoms with van der Waals surface area (Å²) in [4.78, 5) is 12.0. The molecule has 6 heteroatoms. The van der Waals surface area contributed by atoms with Crippen LogP contribution in [0.5, 0.6) is 0 Å². The summed E-state index contributed by atoms with van der Waals surface area (Å²) in [6, 6.07) is 6.47. The molecule has 1 atom stereocenters. The van der Waals surface area contributed by atoms with E-state index in [-0.39, 0.29) is 11.1 Å². The molecule has 0 bridgehead atoms. The van der Waals surface area contributed by atoms with Gasteiger partial charge in [0, 0.05) is 11.8 Å². The maximum atomic E-state index is 13.1. The van der Waals surface area contributed by atoms with Crippen LogP contribution in [0.2, 0.25) is 0 Å². The molecule has 2 aromatic rings. The number of H-pyrrole nitrogens is 1. The molecule has 0 radical (unpaired) electrons. The number of rotatable bonds is 3. The molecule has 1 fully saturated rings. The van der Waals surface area contributed by atoms with E-state index >= 15 is 0 Å². The molecule has 3 nitrogen and oxygen atoms in total. The lowest BCUT2D eigenvalue weighted by Gasteiger charge is -2.12. The average molecular weight is 310 g/mol. The van der Waals surface area contributed by atoms with Crippen molar-refractivity contribution in [3.63, 3.8) is 0 Å². The van der Waals surface area contributed by atoms with Gasteiger partial charge in [-0.25, -0.2) is 4.68 Å². The predicted octanol–water partition coefficient (Wildman–Crippen LogP) is 3.77. The third-order valence-electron chi connectivity index (χ3n) is 4.41. The van der Waals surface area contributed by atoms with Crippen molar-refractivity contribution < 1.29 is 13.2 Å². The van der Waals surface area contributed by atoms with Crippen LogP contribution in [0.4, 0.5) is 13.2 Å². The number of hydrogen-bond acceptors (Lipinski definition) is 1. The van der Waals surface area contributed by atoms with Crippen molar-refractivity contribution in [3.05, 3.63) is 51.9 Å². The van der Waals surface area contributed by atoms with Gasteiger partial charge in [0.25, 0.3) is 5.56 Å². The lowest BCUT2D eigenvalue weighted by molar-refractivity contribution is -0.137. The SMILES string of the molecule is CC1(C)CC1Cc1cc(=O)n(-c2ccccc2C(F)(F)F)[nH]1. The smallest absolute Gasteiger partial charge is 0.295 e. The van der Waals surface area contributed by atoms with Crippen LogP contribution < -0.4 is 5.56 Å². The summed E-state index contributed by atoms with van der Waals surface area (Å²) in [7, 11) is 0. The van der Waals surface area contributed by atoms with Crippen LogP contribution in [-0.2, 0) is 12.6 Å². The molecule has 3 rings (SSSR count). The fourth-order valence-electron chi connectivity index (χ4n) is 2.83. The van der Waals surface area contributed by atoms with Crippen molar-refractivity contribution >= 4 is 0 Å². The van der Waals surface area contributed by atoms with E-state index in [1.165, 1.54) is 24.3 Å². The number of nitrogens with zero attached hydrogens (tertiary/aromatic N) is 1. The molecule has 0 saturated heterocycles. The molecular formula is C16H17F3N2O. The van der Waals surface area contributed by atoms with Gasteiger partial charge in [0.1, 0.15) is 0 Å². The fraction of sp³-hybridized carbons (Fsp3) is 0.438. The summed E-state index contributed by atoms with van der Waals surface area (Å²) in [5.41, 5.74) is -0.524. The second kappa shape index (κ2) is 4.76. The number of benzene rings is 1. The molecule has 0 aliphatic heterocycles. The number of halogens is 3. The van der Waals surface area contributed by atoms with Crippen molar-refractivity contribution in [3.8, 4) is 5.69 Å². The highest BCUT2D eigenvalue weighted by Crippen LogP contribution is 2.53. The van der Waals surface area contributed by atoms with Gasteiger partial charge in [-0.2, -0.15) is 13.2 Å². The normalized spacial score (nSPS) is 20.1. The van der Waals surface area contributed by atoms with Crippen LogP contribution in [0.15, 0.2) is 35.1 Å². The number of aromatic amines is 1. The Morgan fingerprint density at radius 1 is 1.32 bits per heavy atom. The Labute approximate surface area is 125 Å². The van der Waals surface area contributed by atoms with Gasteiger partial charge in [-0.1, -0.05) is 26.0 Å². The first-order valence-electron chi connectivity index (χ1n) is 7.16. The number of aromatic nitrogens is 2. The van der Waals surface area contributed by atoms with Gasteiger partial charge in [0.15, 0.2) is 0 Å². The number of nitrogens with one attached hydrogen (secondary N) is 1. The van der Waals surface area contributed by atoms with E-state index < -0.39 is 17.3 Å². The van der Waals surface area contributed by atoms with E-state index in [9.17, 15) is 18.0 Å². The minimum Gasteiger partial charge on any atom is -0.295 e. The maximum absolute atomic E-state index is 13.1. The van der Waals surface area contributed by atoms with Gasteiger partial charge in [-0.15, -0.1) is 0 Å². The van der Waals surface area contributed by atoms with Crippen LogP contribution in [0.3, 0.4) is 0 Å². The Bertz CT molecular complexity index is 755. The van der Waals surface area contributed by atoms with E-state index in [0.717, 1.165) is 17.2 Å². The first-order chi connectivity index (χ1) is 10.2. The van der Waals surface area contributed by atoms with E-state index in [0.29, 0.717) is 18.0 Å². The third kappa shape index (κ3) is 2.69. The molecule has 1 N–H and O–H groups in total. The van der Waals surface area contributed by atoms with Gasteiger partial charge < -0.3 is 0 Å². The Hall–Kier alpha value is -1.98. The molecule has 1 aromatic heterocycles. The third-order valence-corrected chi connectivity index (χ3v) is 4.41. The van der Waals surface area contributed by atoms with Gasteiger partial charge in [0.05, 0.1) is 11.3 Å². The Kier molecular flexibility index (Phi) is 3.23. The molecule has 0 spiro atoms. The van der Waals surface area contributed by atoms with Gasteiger partial charge in [-0.05, 0) is 36.3 Å². The van der Waals surface area contributed by atoms with Crippen LogP contribution in [-0.4, -0.2) is 9.78 Å². The number of para-hydroxylation sites is 1. The van der Waals surface area contributed by atoms with Crippen molar-refractivity contribution in [2.45, 2.75) is 32.9 Å². The molecule has 1 aromatic carbocycles. The quantitative estimate of drug-likeness (QED) is 0.920. The van der Waals surface area contributed by atoms with Crippen molar-refractivity contribution in [2.24, 2.45) is 11.3 Å². The Morgan fingerprint density at radius 3 is 2.55 bits per heavy atom. The zero-order chi connectivity index (χ0) is 16.1. The second-order valence-electron chi connectivity index (χ2n) is 6.56. The van der Waals surface area contributed by atoms with E-state index in [1.807, 2.05) is 0 Å². The lowest BCUT2D eigenvalue weighted by Crippen LogP contribution is -2.18. The summed E-state index contributed by atoms with van der Waals surface area (Å²) in [5, 5.41) is 2.82. The molecule has 1 saturated carbocycles. The van der Waals surface area contributed by atoms with E-state index in [2.05, 4.69) is 18.9 Å². The number of alkyl halides is 3. The molecule has 1 unspecified atom stereocenters. The molecule has 1 aliphatic carbocycles. The number of hydrogen-bond donors (Lipinski definition) is 1. The summed E-state index contributed by atoms with van der Waals surface area (Å²) >= 11 is 0. The zero-order valence-electron chi connectivity index (χ0n) is 12.4. The summed E-state index contributed by atoms with van der Waals surface area (Å²) < 4.78 is 40.2. The largest absolute Gasteiger partial charge is 0.418 e. The first kappa shape index (κ1) is 14.9. The van der Waals surface area contributed by atoms with Crippen molar-refractivity contribution in [1.29, 1.82) is 0 Å². The van der Waals surface area contributed by atoms with Crippen LogP contribution in [0.25, 0.3) is 5.69 Å². The molecule has 1 aliphatic rings. The highest BCUT2D eigenvalue weighted by Gasteiger charge is 2.45. The van der Waals surface area contributed by atoms with Crippen LogP contribution >= 0.6 is 0 Å². The van der Waals surface area contributed by atoms with Gasteiger partial charge in [-0.3, -0.25) is 9.89 Å². The topological polar surface area (TPSA) is 37.8 Å². The molecular weight excluding hydrogens is 293 g/mol. The zero-order valence-corrected chi connectivity index (χ0v) is 12.4. The monoisotopic (exact) mass is 310 g/mol. The standard InChI is InChI=1S/C16H17F3N2O/c1-15(2)9-10(15)7-11-8-14(22)21(20-11)13-6-4-3-5-12(13)16(17,18)19/h3-6,8,10,20H,7,9H2,1-2H3. The second-order valence-corrected chi connectivity index (χ2v) is 6.56. The molecule has 1 heterocycles. The molecule has 118 valence electrons. The van der Waals surface area contributed by atoms with E-state index in [1.54, 1.807) is 0 Å². The minimum absolute atomic E-state index is 0.165. The average Bonchev–Trinajstić information content (AvgIpc) is 2.84. The van der Waals surface area contributed by atoms with Crippen LogP contribution in [0, 0.1) is 11.3 Å². The Morgan fingerprint density at radius 2 is 1.95 bits per heavy atom. The highest BCUT2D eigenvalue weighted by molar-refractivity contribution is 5.42. The lowest BCUT2D eigenvalue weighted by atomic mass is 10.1. The van der Waals surface area contributed by atoms with Gasteiger partial charge >= 0.3 is 6.18 Å². The minimum atomic E-state index is -4.50. The predicted molar refractivity (Wildman–Crippen MR) is 77.0 cm³/mol. The fourth-order valence-corrected chi connectivity index (χ4v) is 2.83. The summed E-state index contributed by atoms with van der Waals surface area (Å²) in [6.07, 6.45) is -2.75. The maximum Gasteiger partial charge on any atom is 0.418 e.